The van der Waals surface area contributed by atoms with Gasteiger partial charge in [-0.05, 0) is 15.9 Å². The van der Waals surface area contributed by atoms with Crippen LogP contribution in [-0.4, -0.2) is 20.7 Å². The molecule has 2 aromatic rings. The Balaban J connectivity index is 2.82. The minimum absolute atomic E-state index is 0.406. The number of hydrogen-bond acceptors (Lipinski definition) is 3. The standard InChI is InChI=1S/C7H4BrN3O/c8-6-1-9-4-11-2-5(3-12)10-7(6)11/h1-4H. The van der Waals surface area contributed by atoms with E-state index in [1.807, 2.05) is 0 Å². The van der Waals surface area contributed by atoms with E-state index in [1.54, 1.807) is 23.1 Å². The van der Waals surface area contributed by atoms with Gasteiger partial charge in [-0.3, -0.25) is 9.20 Å². The summed E-state index contributed by atoms with van der Waals surface area (Å²) >= 11 is 3.28. The summed E-state index contributed by atoms with van der Waals surface area (Å²) in [6, 6.07) is 0. The zero-order valence-electron chi connectivity index (χ0n) is 5.94. The molecule has 0 aromatic carbocycles. The van der Waals surface area contributed by atoms with Gasteiger partial charge in [-0.25, -0.2) is 9.97 Å². The van der Waals surface area contributed by atoms with Crippen molar-refractivity contribution < 1.29 is 4.79 Å². The van der Waals surface area contributed by atoms with E-state index >= 15 is 0 Å². The van der Waals surface area contributed by atoms with E-state index in [1.165, 1.54) is 0 Å². The van der Waals surface area contributed by atoms with E-state index in [9.17, 15) is 4.79 Å². The number of aromatic nitrogens is 3. The maximum atomic E-state index is 10.4. The van der Waals surface area contributed by atoms with Crippen molar-refractivity contribution in [2.24, 2.45) is 0 Å². The summed E-state index contributed by atoms with van der Waals surface area (Å²) in [5, 5.41) is 0. The monoisotopic (exact) mass is 225 g/mol. The number of rotatable bonds is 1. The van der Waals surface area contributed by atoms with Crippen LogP contribution in [0.3, 0.4) is 0 Å². The molecule has 0 aliphatic heterocycles. The summed E-state index contributed by atoms with van der Waals surface area (Å²) in [7, 11) is 0. The highest BCUT2D eigenvalue weighted by Gasteiger charge is 2.02. The maximum absolute atomic E-state index is 10.4. The lowest BCUT2D eigenvalue weighted by atomic mass is 10.5. The predicted octanol–water partition coefficient (Wildman–Crippen LogP) is 1.30. The van der Waals surface area contributed by atoms with E-state index < -0.39 is 0 Å². The molecule has 0 aliphatic carbocycles. The van der Waals surface area contributed by atoms with E-state index in [0.717, 1.165) is 4.47 Å². The third kappa shape index (κ3) is 1.02. The molecule has 0 radical (unpaired) electrons. The molecular formula is C7H4BrN3O. The average Bonchev–Trinajstić information content (AvgIpc) is 2.49. The zero-order chi connectivity index (χ0) is 8.55. The molecule has 0 aliphatic rings. The summed E-state index contributed by atoms with van der Waals surface area (Å²) in [5.74, 6) is 0. The number of imidazole rings is 1. The first kappa shape index (κ1) is 7.42. The van der Waals surface area contributed by atoms with Gasteiger partial charge in [0, 0.05) is 12.4 Å². The van der Waals surface area contributed by atoms with Crippen molar-refractivity contribution in [3.63, 3.8) is 0 Å². The van der Waals surface area contributed by atoms with Crippen molar-refractivity contribution in [2.75, 3.05) is 0 Å². The molecule has 0 amide bonds. The van der Waals surface area contributed by atoms with Crippen LogP contribution in [0.1, 0.15) is 10.5 Å². The summed E-state index contributed by atoms with van der Waals surface area (Å²) in [6.45, 7) is 0. The van der Waals surface area contributed by atoms with Gasteiger partial charge in [0.2, 0.25) is 0 Å². The normalized spacial score (nSPS) is 10.4. The molecule has 0 spiro atoms. The fourth-order valence-corrected chi connectivity index (χ4v) is 1.37. The molecule has 0 atom stereocenters. The van der Waals surface area contributed by atoms with Crippen LogP contribution in [0, 0.1) is 0 Å². The molecule has 4 nitrogen and oxygen atoms in total. The van der Waals surface area contributed by atoms with E-state index in [4.69, 9.17) is 0 Å². The Morgan fingerprint density at radius 3 is 3.08 bits per heavy atom. The quantitative estimate of drug-likeness (QED) is 0.688. The highest BCUT2D eigenvalue weighted by Crippen LogP contribution is 2.14. The van der Waals surface area contributed by atoms with Crippen molar-refractivity contribution >= 4 is 27.9 Å². The molecular weight excluding hydrogens is 222 g/mol. The second kappa shape index (κ2) is 2.67. The van der Waals surface area contributed by atoms with Gasteiger partial charge in [0.15, 0.2) is 11.9 Å². The molecule has 0 fully saturated rings. The first-order valence-corrected chi connectivity index (χ1v) is 4.04. The van der Waals surface area contributed by atoms with Gasteiger partial charge < -0.3 is 0 Å². The predicted molar refractivity (Wildman–Crippen MR) is 46.1 cm³/mol. The van der Waals surface area contributed by atoms with Crippen molar-refractivity contribution in [3.8, 4) is 0 Å². The largest absolute Gasteiger partial charge is 0.296 e. The first-order chi connectivity index (χ1) is 5.81. The molecule has 2 aromatic heterocycles. The van der Waals surface area contributed by atoms with Gasteiger partial charge in [-0.1, -0.05) is 0 Å². The Morgan fingerprint density at radius 1 is 1.58 bits per heavy atom. The number of hydrogen-bond donors (Lipinski definition) is 0. The van der Waals surface area contributed by atoms with Crippen LogP contribution in [0.15, 0.2) is 23.2 Å². The van der Waals surface area contributed by atoms with Gasteiger partial charge in [0.05, 0.1) is 4.47 Å². The van der Waals surface area contributed by atoms with Crippen LogP contribution in [0.25, 0.3) is 5.65 Å². The topological polar surface area (TPSA) is 47.3 Å². The molecule has 2 rings (SSSR count). The van der Waals surface area contributed by atoms with E-state index in [2.05, 4.69) is 25.9 Å². The zero-order valence-corrected chi connectivity index (χ0v) is 7.52. The van der Waals surface area contributed by atoms with Crippen LogP contribution in [0.5, 0.6) is 0 Å². The smallest absolute Gasteiger partial charge is 0.170 e. The van der Waals surface area contributed by atoms with Crippen LogP contribution in [0.2, 0.25) is 0 Å². The molecule has 5 heteroatoms. The third-order valence-corrected chi connectivity index (χ3v) is 2.02. The highest BCUT2D eigenvalue weighted by molar-refractivity contribution is 9.10. The molecule has 60 valence electrons. The average molecular weight is 226 g/mol. The summed E-state index contributed by atoms with van der Waals surface area (Å²) in [4.78, 5) is 18.3. The number of carbonyl (C=O) groups excluding carboxylic acids is 1. The van der Waals surface area contributed by atoms with Gasteiger partial charge in [-0.15, -0.1) is 0 Å². The number of carbonyl (C=O) groups is 1. The van der Waals surface area contributed by atoms with Gasteiger partial charge in [-0.2, -0.15) is 0 Å². The molecule has 0 bridgehead atoms. The van der Waals surface area contributed by atoms with Crippen LogP contribution in [-0.2, 0) is 0 Å². The summed E-state index contributed by atoms with van der Waals surface area (Å²) in [5.41, 5.74) is 1.11. The van der Waals surface area contributed by atoms with E-state index in [0.29, 0.717) is 17.6 Å². The highest BCUT2D eigenvalue weighted by atomic mass is 79.9. The minimum Gasteiger partial charge on any atom is -0.296 e. The van der Waals surface area contributed by atoms with Crippen molar-refractivity contribution in [1.29, 1.82) is 0 Å². The van der Waals surface area contributed by atoms with Crippen LogP contribution < -0.4 is 0 Å². The number of halogens is 1. The van der Waals surface area contributed by atoms with Crippen LogP contribution >= 0.6 is 15.9 Å². The van der Waals surface area contributed by atoms with Gasteiger partial charge in [0.25, 0.3) is 0 Å². The SMILES string of the molecule is O=Cc1cn2cncc(Br)c2n1. The molecule has 0 unspecified atom stereocenters. The second-order valence-electron chi connectivity index (χ2n) is 2.26. The first-order valence-electron chi connectivity index (χ1n) is 3.24. The Hall–Kier alpha value is -1.23. The van der Waals surface area contributed by atoms with Crippen LogP contribution in [0.4, 0.5) is 0 Å². The van der Waals surface area contributed by atoms with Crippen molar-refractivity contribution in [1.82, 2.24) is 14.4 Å². The Bertz CT molecular complexity index is 437. The van der Waals surface area contributed by atoms with Crippen molar-refractivity contribution in [2.45, 2.75) is 0 Å². The second-order valence-corrected chi connectivity index (χ2v) is 3.11. The number of nitrogens with zero attached hydrogens (tertiary/aromatic N) is 3. The van der Waals surface area contributed by atoms with Gasteiger partial charge in [0.1, 0.15) is 12.0 Å². The fraction of sp³-hybridized carbons (Fsp3) is 0. The van der Waals surface area contributed by atoms with Crippen molar-refractivity contribution in [3.05, 3.63) is 28.9 Å². The lowest BCUT2D eigenvalue weighted by Crippen LogP contribution is -1.84. The number of aldehydes is 1. The fourth-order valence-electron chi connectivity index (χ4n) is 0.962. The lowest BCUT2D eigenvalue weighted by molar-refractivity contribution is 0.111. The molecule has 0 saturated carbocycles. The molecule has 2 heterocycles. The lowest BCUT2D eigenvalue weighted by Gasteiger charge is -1.91. The van der Waals surface area contributed by atoms with E-state index in [-0.39, 0.29) is 0 Å². The minimum atomic E-state index is 0.406. The molecule has 12 heavy (non-hydrogen) atoms. The Kier molecular flexibility index (Phi) is 1.65. The third-order valence-electron chi connectivity index (χ3n) is 1.46. The summed E-state index contributed by atoms with van der Waals surface area (Å²) < 4.78 is 2.46. The maximum Gasteiger partial charge on any atom is 0.170 e. The molecule has 0 saturated heterocycles. The number of fused-ring (bicyclic) bond motifs is 1. The Morgan fingerprint density at radius 2 is 2.42 bits per heavy atom. The summed E-state index contributed by atoms with van der Waals surface area (Å²) in [6.07, 6.45) is 5.57. The molecule has 0 N–H and O–H groups in total. The van der Waals surface area contributed by atoms with Gasteiger partial charge >= 0.3 is 0 Å². The Labute approximate surface area is 76.4 Å².